The van der Waals surface area contributed by atoms with E-state index in [0.29, 0.717) is 17.9 Å². The zero-order chi connectivity index (χ0) is 19.9. The first-order chi connectivity index (χ1) is 13.6. The molecule has 3 rings (SSSR count). The molecule has 2 aromatic rings. The van der Waals surface area contributed by atoms with Gasteiger partial charge in [-0.1, -0.05) is 19.3 Å². The van der Waals surface area contributed by atoms with Crippen molar-refractivity contribution in [2.24, 2.45) is 0 Å². The van der Waals surface area contributed by atoms with Crippen LogP contribution >= 0.6 is 0 Å². The molecule has 1 fully saturated rings. The molecule has 1 aromatic carbocycles. The summed E-state index contributed by atoms with van der Waals surface area (Å²) in [6.07, 6.45) is 5.50. The third-order valence-electron chi connectivity index (χ3n) is 4.98. The number of benzene rings is 1. The van der Waals surface area contributed by atoms with E-state index >= 15 is 0 Å². The molecule has 7 heteroatoms. The zero-order valence-electron chi connectivity index (χ0n) is 16.0. The highest BCUT2D eigenvalue weighted by atomic mass is 16.6. The van der Waals surface area contributed by atoms with E-state index in [1.807, 2.05) is 6.92 Å². The Kier molecular flexibility index (Phi) is 6.68. The standard InChI is InChI=1S/C21H25NO6/c1-2-22(16-6-4-3-5-7-16)19(23)13-27-21(25)14-26-17-10-8-15-9-11-20(24)28-18(15)12-17/h8-12,16H,2-7,13-14H2,1H3. The molecule has 1 aromatic heterocycles. The largest absolute Gasteiger partial charge is 0.482 e. The number of amides is 1. The number of nitrogens with zero attached hydrogens (tertiary/aromatic N) is 1. The molecule has 1 aliphatic rings. The van der Waals surface area contributed by atoms with Crippen LogP contribution in [0.2, 0.25) is 0 Å². The van der Waals surface area contributed by atoms with Crippen molar-refractivity contribution in [2.45, 2.75) is 45.1 Å². The maximum atomic E-state index is 12.4. The van der Waals surface area contributed by atoms with Crippen molar-refractivity contribution in [3.05, 3.63) is 40.8 Å². The molecule has 0 radical (unpaired) electrons. The van der Waals surface area contributed by atoms with Gasteiger partial charge in [0, 0.05) is 30.1 Å². The molecule has 1 aliphatic carbocycles. The lowest BCUT2D eigenvalue weighted by molar-refractivity contribution is -0.154. The summed E-state index contributed by atoms with van der Waals surface area (Å²) in [7, 11) is 0. The van der Waals surface area contributed by atoms with Crippen LogP contribution in [-0.2, 0) is 14.3 Å². The van der Waals surface area contributed by atoms with E-state index in [2.05, 4.69) is 0 Å². The van der Waals surface area contributed by atoms with Crippen LogP contribution in [0.15, 0.2) is 39.5 Å². The second-order valence-electron chi connectivity index (χ2n) is 6.88. The van der Waals surface area contributed by atoms with Crippen LogP contribution in [0.25, 0.3) is 11.0 Å². The number of carbonyl (C=O) groups is 2. The molecular weight excluding hydrogens is 362 g/mol. The van der Waals surface area contributed by atoms with Crippen molar-refractivity contribution in [3.8, 4) is 5.75 Å². The van der Waals surface area contributed by atoms with Crippen LogP contribution in [0, 0.1) is 0 Å². The Labute approximate surface area is 163 Å². The minimum Gasteiger partial charge on any atom is -0.482 e. The molecule has 1 saturated carbocycles. The van der Waals surface area contributed by atoms with E-state index in [9.17, 15) is 14.4 Å². The summed E-state index contributed by atoms with van der Waals surface area (Å²) < 4.78 is 15.5. The number of likely N-dealkylation sites (N-methyl/N-ethyl adjacent to an activating group) is 1. The topological polar surface area (TPSA) is 86.0 Å². The van der Waals surface area contributed by atoms with Crippen LogP contribution in [0.4, 0.5) is 0 Å². The molecule has 0 saturated heterocycles. The van der Waals surface area contributed by atoms with Crippen LogP contribution in [0.5, 0.6) is 5.75 Å². The predicted octanol–water partition coefficient (Wildman–Crippen LogP) is 2.90. The second kappa shape index (κ2) is 9.39. The van der Waals surface area contributed by atoms with Crippen molar-refractivity contribution in [1.82, 2.24) is 4.90 Å². The second-order valence-corrected chi connectivity index (χ2v) is 6.88. The normalized spacial score (nSPS) is 14.6. The van der Waals surface area contributed by atoms with Gasteiger partial charge in [-0.15, -0.1) is 0 Å². The number of ether oxygens (including phenoxy) is 2. The molecule has 0 spiro atoms. The van der Waals surface area contributed by atoms with Crippen molar-refractivity contribution in [1.29, 1.82) is 0 Å². The Morgan fingerprint density at radius 2 is 1.86 bits per heavy atom. The van der Waals surface area contributed by atoms with E-state index in [1.165, 1.54) is 18.6 Å². The summed E-state index contributed by atoms with van der Waals surface area (Å²) in [5.41, 5.74) is -0.0827. The summed E-state index contributed by atoms with van der Waals surface area (Å²) in [5.74, 6) is -0.416. The van der Waals surface area contributed by atoms with Gasteiger partial charge in [-0.05, 0) is 38.0 Å². The van der Waals surface area contributed by atoms with Crippen LogP contribution in [0.3, 0.4) is 0 Å². The Bertz CT molecular complexity index is 884. The minimum atomic E-state index is -0.623. The highest BCUT2D eigenvalue weighted by Gasteiger charge is 2.24. The van der Waals surface area contributed by atoms with Gasteiger partial charge in [-0.2, -0.15) is 0 Å². The maximum Gasteiger partial charge on any atom is 0.344 e. The minimum absolute atomic E-state index is 0.171. The smallest absolute Gasteiger partial charge is 0.344 e. The number of rotatable bonds is 7. The Morgan fingerprint density at radius 1 is 1.11 bits per heavy atom. The van der Waals surface area contributed by atoms with Crippen LogP contribution < -0.4 is 10.4 Å². The van der Waals surface area contributed by atoms with Gasteiger partial charge in [0.15, 0.2) is 13.2 Å². The first kappa shape index (κ1) is 19.9. The van der Waals surface area contributed by atoms with Gasteiger partial charge in [0.1, 0.15) is 11.3 Å². The fraction of sp³-hybridized carbons (Fsp3) is 0.476. The van der Waals surface area contributed by atoms with Gasteiger partial charge in [-0.3, -0.25) is 4.79 Å². The SMILES string of the molecule is CCN(C(=O)COC(=O)COc1ccc2ccc(=O)oc2c1)C1CCCCC1. The van der Waals surface area contributed by atoms with E-state index in [1.54, 1.807) is 23.1 Å². The fourth-order valence-corrected chi connectivity index (χ4v) is 3.57. The van der Waals surface area contributed by atoms with E-state index in [4.69, 9.17) is 13.9 Å². The average Bonchev–Trinajstić information content (AvgIpc) is 2.71. The molecule has 1 heterocycles. The molecule has 7 nitrogen and oxygen atoms in total. The Balaban J connectivity index is 1.48. The van der Waals surface area contributed by atoms with Crippen molar-refractivity contribution in [2.75, 3.05) is 19.8 Å². The van der Waals surface area contributed by atoms with Crippen LogP contribution in [-0.4, -0.2) is 42.6 Å². The lowest BCUT2D eigenvalue weighted by Crippen LogP contribution is -2.43. The molecule has 0 atom stereocenters. The quantitative estimate of drug-likeness (QED) is 0.536. The number of esters is 1. The molecule has 28 heavy (non-hydrogen) atoms. The summed E-state index contributed by atoms with van der Waals surface area (Å²) in [4.78, 5) is 37.4. The van der Waals surface area contributed by atoms with Crippen molar-refractivity contribution >= 4 is 22.8 Å². The molecule has 150 valence electrons. The molecular formula is C21H25NO6. The number of fused-ring (bicyclic) bond motifs is 1. The Hall–Kier alpha value is -2.83. The zero-order valence-corrected chi connectivity index (χ0v) is 16.0. The Morgan fingerprint density at radius 3 is 2.61 bits per heavy atom. The maximum absolute atomic E-state index is 12.4. The summed E-state index contributed by atoms with van der Waals surface area (Å²) in [5, 5.41) is 0.752. The number of hydrogen-bond donors (Lipinski definition) is 0. The van der Waals surface area contributed by atoms with Gasteiger partial charge in [0.05, 0.1) is 0 Å². The highest BCUT2D eigenvalue weighted by molar-refractivity contribution is 5.81. The fourth-order valence-electron chi connectivity index (χ4n) is 3.57. The summed E-state index contributed by atoms with van der Waals surface area (Å²) >= 11 is 0. The van der Waals surface area contributed by atoms with Crippen molar-refractivity contribution < 1.29 is 23.5 Å². The van der Waals surface area contributed by atoms with E-state index in [-0.39, 0.29) is 25.2 Å². The lowest BCUT2D eigenvalue weighted by Gasteiger charge is -2.33. The van der Waals surface area contributed by atoms with Crippen LogP contribution in [0.1, 0.15) is 39.0 Å². The van der Waals surface area contributed by atoms with E-state index in [0.717, 1.165) is 31.1 Å². The van der Waals surface area contributed by atoms with Gasteiger partial charge in [-0.25, -0.2) is 9.59 Å². The molecule has 1 amide bonds. The summed E-state index contributed by atoms with van der Waals surface area (Å²) in [6.45, 7) is 1.94. The van der Waals surface area contributed by atoms with E-state index < -0.39 is 11.6 Å². The molecule has 0 aliphatic heterocycles. The molecule has 0 unspecified atom stereocenters. The lowest BCUT2D eigenvalue weighted by atomic mass is 9.94. The first-order valence-corrected chi connectivity index (χ1v) is 9.68. The number of hydrogen-bond acceptors (Lipinski definition) is 6. The predicted molar refractivity (Wildman–Crippen MR) is 103 cm³/mol. The van der Waals surface area contributed by atoms with Gasteiger partial charge >= 0.3 is 11.6 Å². The van der Waals surface area contributed by atoms with Gasteiger partial charge in [0.25, 0.3) is 5.91 Å². The average molecular weight is 387 g/mol. The van der Waals surface area contributed by atoms with Gasteiger partial charge < -0.3 is 18.8 Å². The third-order valence-corrected chi connectivity index (χ3v) is 4.98. The monoisotopic (exact) mass is 387 g/mol. The summed E-state index contributed by atoms with van der Waals surface area (Å²) in [6, 6.07) is 8.17. The molecule has 0 bridgehead atoms. The molecule has 0 N–H and O–H groups in total. The third kappa shape index (κ3) is 5.12. The first-order valence-electron chi connectivity index (χ1n) is 9.68. The number of carbonyl (C=O) groups excluding carboxylic acids is 2. The van der Waals surface area contributed by atoms with Crippen molar-refractivity contribution in [3.63, 3.8) is 0 Å². The highest BCUT2D eigenvalue weighted by Crippen LogP contribution is 2.22. The van der Waals surface area contributed by atoms with Gasteiger partial charge in [0.2, 0.25) is 0 Å².